The van der Waals surface area contributed by atoms with E-state index < -0.39 is 0 Å². The van der Waals surface area contributed by atoms with Crippen molar-refractivity contribution in [2.75, 3.05) is 13.1 Å². The van der Waals surface area contributed by atoms with Gasteiger partial charge in [0.05, 0.1) is 5.52 Å². The summed E-state index contributed by atoms with van der Waals surface area (Å²) in [4.78, 5) is 30.0. The van der Waals surface area contributed by atoms with Gasteiger partial charge in [-0.25, -0.2) is 4.39 Å². The van der Waals surface area contributed by atoms with Gasteiger partial charge in [0.15, 0.2) is 0 Å². The summed E-state index contributed by atoms with van der Waals surface area (Å²) in [6.45, 7) is 1.88. The molecule has 0 saturated carbocycles. The molecule has 0 N–H and O–H groups in total. The molecule has 1 saturated heterocycles. The number of hydrogen-bond acceptors (Lipinski definition) is 3. The molecule has 0 radical (unpaired) electrons. The van der Waals surface area contributed by atoms with E-state index in [0.29, 0.717) is 36.5 Å². The Bertz CT molecular complexity index is 1470. The Balaban J connectivity index is 1.18. The predicted molar refractivity (Wildman–Crippen MR) is 131 cm³/mol. The summed E-state index contributed by atoms with van der Waals surface area (Å²) in [5.41, 5.74) is 4.71. The van der Waals surface area contributed by atoms with Crippen molar-refractivity contribution in [2.45, 2.75) is 25.4 Å². The van der Waals surface area contributed by atoms with Crippen molar-refractivity contribution >= 4 is 22.7 Å². The first kappa shape index (κ1) is 21.5. The van der Waals surface area contributed by atoms with Crippen LogP contribution in [-0.4, -0.2) is 50.5 Å². The monoisotopic (exact) mass is 468 g/mol. The van der Waals surface area contributed by atoms with Crippen LogP contribution in [0.4, 0.5) is 4.39 Å². The van der Waals surface area contributed by atoms with Crippen molar-refractivity contribution in [3.63, 3.8) is 0 Å². The van der Waals surface area contributed by atoms with Gasteiger partial charge < -0.3 is 9.80 Å². The summed E-state index contributed by atoms with van der Waals surface area (Å²) in [5, 5.41) is 5.46. The van der Waals surface area contributed by atoms with Crippen molar-refractivity contribution in [2.24, 2.45) is 7.05 Å². The zero-order valence-electron chi connectivity index (χ0n) is 19.4. The highest BCUT2D eigenvalue weighted by Crippen LogP contribution is 2.31. The lowest BCUT2D eigenvalue weighted by atomic mass is 10.0. The molecular weight excluding hydrogens is 443 g/mol. The van der Waals surface area contributed by atoms with Crippen molar-refractivity contribution in [1.29, 1.82) is 0 Å². The van der Waals surface area contributed by atoms with Crippen LogP contribution in [0.3, 0.4) is 0 Å². The molecule has 0 atom stereocenters. The fourth-order valence-corrected chi connectivity index (χ4v) is 5.37. The van der Waals surface area contributed by atoms with E-state index in [-0.39, 0.29) is 23.7 Å². The number of piperidine rings is 1. The quantitative estimate of drug-likeness (QED) is 0.440. The fourth-order valence-electron chi connectivity index (χ4n) is 5.37. The number of rotatable bonds is 3. The third-order valence-corrected chi connectivity index (χ3v) is 7.24. The highest BCUT2D eigenvalue weighted by atomic mass is 19.1. The smallest absolute Gasteiger partial charge is 0.254 e. The lowest BCUT2D eigenvalue weighted by molar-refractivity contribution is 0.0535. The third-order valence-electron chi connectivity index (χ3n) is 7.24. The minimum absolute atomic E-state index is 0.0186. The first-order valence-corrected chi connectivity index (χ1v) is 11.9. The number of carbonyl (C=O) groups is 2. The summed E-state index contributed by atoms with van der Waals surface area (Å²) in [6, 6.07) is 19.9. The number of nitrogens with zero attached hydrogens (tertiary/aromatic N) is 4. The van der Waals surface area contributed by atoms with E-state index in [4.69, 9.17) is 0 Å². The molecule has 6 rings (SSSR count). The lowest BCUT2D eigenvalue weighted by Gasteiger charge is -2.36. The summed E-state index contributed by atoms with van der Waals surface area (Å²) >= 11 is 0. The minimum Gasteiger partial charge on any atom is -0.338 e. The molecular formula is C28H25FN4O2. The van der Waals surface area contributed by atoms with Crippen molar-refractivity contribution in [1.82, 2.24) is 19.6 Å². The number of hydrogen-bond donors (Lipinski definition) is 0. The van der Waals surface area contributed by atoms with Gasteiger partial charge >= 0.3 is 0 Å². The van der Waals surface area contributed by atoms with Crippen molar-refractivity contribution in [3.8, 4) is 11.3 Å². The second kappa shape index (κ2) is 8.34. The highest BCUT2D eigenvalue weighted by molar-refractivity contribution is 6.01. The molecule has 1 fully saturated rings. The molecule has 2 amide bonds. The van der Waals surface area contributed by atoms with E-state index >= 15 is 0 Å². The van der Waals surface area contributed by atoms with Gasteiger partial charge in [0, 0.05) is 54.8 Å². The van der Waals surface area contributed by atoms with E-state index in [1.165, 1.54) is 12.1 Å². The topological polar surface area (TPSA) is 58.4 Å². The summed E-state index contributed by atoms with van der Waals surface area (Å²) < 4.78 is 15.5. The highest BCUT2D eigenvalue weighted by Gasteiger charge is 2.35. The molecule has 3 heterocycles. The molecule has 2 aliphatic rings. The van der Waals surface area contributed by atoms with Crippen molar-refractivity contribution in [3.05, 3.63) is 89.2 Å². The molecule has 0 aliphatic carbocycles. The number of benzene rings is 3. The number of likely N-dealkylation sites (tertiary alicyclic amines) is 1. The van der Waals surface area contributed by atoms with Gasteiger partial charge in [-0.2, -0.15) is 5.10 Å². The maximum Gasteiger partial charge on any atom is 0.254 e. The van der Waals surface area contributed by atoms with Gasteiger partial charge in [-0.3, -0.25) is 14.3 Å². The molecule has 3 aromatic carbocycles. The zero-order chi connectivity index (χ0) is 24.1. The Hall–Kier alpha value is -4.00. The molecule has 1 aromatic heterocycles. The van der Waals surface area contributed by atoms with Crippen LogP contribution in [0.5, 0.6) is 0 Å². The largest absolute Gasteiger partial charge is 0.338 e. The van der Waals surface area contributed by atoms with E-state index in [0.717, 1.165) is 34.9 Å². The van der Waals surface area contributed by atoms with Gasteiger partial charge in [-0.1, -0.05) is 30.3 Å². The number of aryl methyl sites for hydroxylation is 1. The summed E-state index contributed by atoms with van der Waals surface area (Å²) in [6.07, 6.45) is 1.53. The number of aromatic nitrogens is 2. The Kier molecular flexibility index (Phi) is 5.13. The van der Waals surface area contributed by atoms with Crippen LogP contribution in [0.25, 0.3) is 22.2 Å². The minimum atomic E-state index is -0.309. The average molecular weight is 469 g/mol. The first-order chi connectivity index (χ1) is 17.0. The molecule has 6 nitrogen and oxygen atoms in total. The second-order valence-electron chi connectivity index (χ2n) is 9.33. The standard InChI is InChI=1S/C28H25FN4O2/c1-31-25-16-19(9-10-24(25)26(30-31)18-6-4-7-21(29)15-18)27(34)32-13-11-22(12-14-32)33-17-20-5-2-3-8-23(20)28(33)35/h2-10,15-16,22H,11-14,17H2,1H3. The van der Waals surface area contributed by atoms with Gasteiger partial charge in [-0.05, 0) is 54.8 Å². The Morgan fingerprint density at radius 3 is 2.57 bits per heavy atom. The Morgan fingerprint density at radius 2 is 1.80 bits per heavy atom. The first-order valence-electron chi connectivity index (χ1n) is 11.9. The zero-order valence-corrected chi connectivity index (χ0v) is 19.4. The Labute approximate surface area is 202 Å². The van der Waals surface area contributed by atoms with E-state index in [9.17, 15) is 14.0 Å². The maximum atomic E-state index is 13.7. The van der Waals surface area contributed by atoms with E-state index in [2.05, 4.69) is 5.10 Å². The molecule has 0 bridgehead atoms. The number of halogens is 1. The van der Waals surface area contributed by atoms with Gasteiger partial charge in [-0.15, -0.1) is 0 Å². The maximum absolute atomic E-state index is 13.7. The van der Waals surface area contributed by atoms with Crippen LogP contribution in [0.1, 0.15) is 39.1 Å². The number of amides is 2. The van der Waals surface area contributed by atoms with Crippen LogP contribution in [-0.2, 0) is 13.6 Å². The van der Waals surface area contributed by atoms with E-state index in [1.54, 1.807) is 10.7 Å². The summed E-state index contributed by atoms with van der Waals surface area (Å²) in [7, 11) is 1.83. The van der Waals surface area contributed by atoms with Crippen LogP contribution in [0, 0.1) is 5.82 Å². The average Bonchev–Trinajstić information content (AvgIpc) is 3.40. The van der Waals surface area contributed by atoms with Crippen LogP contribution in [0.15, 0.2) is 66.7 Å². The SMILES string of the molecule is Cn1nc(-c2cccc(F)c2)c2ccc(C(=O)N3CCC(N4Cc5ccccc5C4=O)CC3)cc21. The Morgan fingerprint density at radius 1 is 1.00 bits per heavy atom. The van der Waals surface area contributed by atoms with Crippen molar-refractivity contribution < 1.29 is 14.0 Å². The molecule has 0 unspecified atom stereocenters. The summed E-state index contributed by atoms with van der Waals surface area (Å²) in [5.74, 6) is -0.230. The fraction of sp³-hybridized carbons (Fsp3) is 0.250. The van der Waals surface area contributed by atoms with Gasteiger partial charge in [0.2, 0.25) is 0 Å². The van der Waals surface area contributed by atoms with Crippen LogP contribution < -0.4 is 0 Å². The third kappa shape index (κ3) is 3.67. The molecule has 0 spiro atoms. The molecule has 4 aromatic rings. The number of fused-ring (bicyclic) bond motifs is 2. The number of carbonyl (C=O) groups excluding carboxylic acids is 2. The molecule has 7 heteroatoms. The second-order valence-corrected chi connectivity index (χ2v) is 9.33. The lowest BCUT2D eigenvalue weighted by Crippen LogP contribution is -2.46. The predicted octanol–water partition coefficient (Wildman–Crippen LogP) is 4.64. The van der Waals surface area contributed by atoms with Gasteiger partial charge in [0.1, 0.15) is 11.5 Å². The van der Waals surface area contributed by atoms with Crippen LogP contribution >= 0.6 is 0 Å². The van der Waals surface area contributed by atoms with E-state index in [1.807, 2.05) is 65.4 Å². The molecule has 2 aliphatic heterocycles. The van der Waals surface area contributed by atoms with Gasteiger partial charge in [0.25, 0.3) is 11.8 Å². The van der Waals surface area contributed by atoms with Crippen LogP contribution in [0.2, 0.25) is 0 Å². The molecule has 35 heavy (non-hydrogen) atoms. The normalized spacial score (nSPS) is 16.2. The molecule has 176 valence electrons.